The molecule has 0 aliphatic rings. The fourth-order valence-corrected chi connectivity index (χ4v) is 3.80. The maximum atomic E-state index is 13.1. The van der Waals surface area contributed by atoms with Crippen LogP contribution in [-0.4, -0.2) is 39.5 Å². The number of benzene rings is 2. The van der Waals surface area contributed by atoms with E-state index in [9.17, 15) is 17.6 Å². The summed E-state index contributed by atoms with van der Waals surface area (Å²) in [5.74, 6) is -1.62. The van der Waals surface area contributed by atoms with Crippen LogP contribution in [0.2, 0.25) is 0 Å². The van der Waals surface area contributed by atoms with Gasteiger partial charge < -0.3 is 5.11 Å². The maximum absolute atomic E-state index is 13.1. The van der Waals surface area contributed by atoms with Crippen molar-refractivity contribution in [3.8, 4) is 17.1 Å². The predicted octanol–water partition coefficient (Wildman–Crippen LogP) is 2.97. The lowest BCUT2D eigenvalue weighted by atomic mass is 10.2. The van der Waals surface area contributed by atoms with E-state index in [-0.39, 0.29) is 16.1 Å². The van der Waals surface area contributed by atoms with Crippen LogP contribution in [0.4, 0.5) is 10.1 Å². The third-order valence-electron chi connectivity index (χ3n) is 4.25. The Bertz CT molecular complexity index is 1370. The molecule has 0 saturated heterocycles. The number of halogens is 1. The Morgan fingerprint density at radius 3 is 2.55 bits per heavy atom. The number of nitrogens with one attached hydrogen (secondary N) is 1. The molecule has 2 heterocycles. The predicted molar refractivity (Wildman–Crippen MR) is 109 cm³/mol. The molecule has 0 atom stereocenters. The summed E-state index contributed by atoms with van der Waals surface area (Å²) in [6.07, 6.45) is 2.91. The lowest BCUT2D eigenvalue weighted by molar-refractivity contribution is 0.0696. The van der Waals surface area contributed by atoms with Gasteiger partial charge in [-0.05, 0) is 54.6 Å². The number of carbonyl (C=O) groups is 1. The van der Waals surface area contributed by atoms with Crippen molar-refractivity contribution >= 4 is 21.7 Å². The molecule has 2 aromatic heterocycles. The number of aromatic carboxylic acids is 1. The van der Waals surface area contributed by atoms with Crippen molar-refractivity contribution in [1.29, 1.82) is 0 Å². The van der Waals surface area contributed by atoms with Crippen molar-refractivity contribution in [3.63, 3.8) is 0 Å². The zero-order chi connectivity index (χ0) is 22.0. The number of hydrogen-bond acceptors (Lipinski definition) is 6. The smallest absolute Gasteiger partial charge is 0.335 e. The summed E-state index contributed by atoms with van der Waals surface area (Å²) in [5, 5.41) is 17.1. The minimum atomic E-state index is -3.91. The summed E-state index contributed by atoms with van der Waals surface area (Å²) < 4.78 is 41.9. The second-order valence-corrected chi connectivity index (χ2v) is 8.08. The number of hydrogen-bond donors (Lipinski definition) is 2. The van der Waals surface area contributed by atoms with Crippen LogP contribution in [0, 0.1) is 5.82 Å². The normalized spacial score (nSPS) is 11.3. The number of carboxylic acids is 1. The summed E-state index contributed by atoms with van der Waals surface area (Å²) in [6.45, 7) is 0. The Hall–Kier alpha value is -4.12. The highest BCUT2D eigenvalue weighted by molar-refractivity contribution is 7.92. The molecule has 0 unspecified atom stereocenters. The number of anilines is 1. The highest BCUT2D eigenvalue weighted by Gasteiger charge is 2.15. The molecular weight excluding hydrogens is 425 g/mol. The zero-order valence-corrected chi connectivity index (χ0v) is 16.5. The van der Waals surface area contributed by atoms with Gasteiger partial charge in [0.1, 0.15) is 11.5 Å². The van der Waals surface area contributed by atoms with Crippen molar-refractivity contribution < 1.29 is 22.7 Å². The van der Waals surface area contributed by atoms with Crippen LogP contribution in [-0.2, 0) is 10.0 Å². The first kappa shape index (κ1) is 20.2. The van der Waals surface area contributed by atoms with Crippen molar-refractivity contribution in [3.05, 3.63) is 84.4 Å². The monoisotopic (exact) mass is 439 g/mol. The molecule has 0 radical (unpaired) electrons. The molecule has 0 saturated carbocycles. The molecule has 11 heteroatoms. The number of pyridine rings is 1. The van der Waals surface area contributed by atoms with Crippen LogP contribution in [0.1, 0.15) is 10.4 Å². The molecule has 4 rings (SSSR count). The highest BCUT2D eigenvalue weighted by atomic mass is 32.2. The molecule has 0 amide bonds. The molecule has 9 nitrogen and oxygen atoms in total. The van der Waals surface area contributed by atoms with Crippen molar-refractivity contribution in [2.24, 2.45) is 0 Å². The van der Waals surface area contributed by atoms with E-state index < -0.39 is 21.8 Å². The van der Waals surface area contributed by atoms with Gasteiger partial charge in [-0.15, -0.1) is 5.10 Å². The second-order valence-electron chi connectivity index (χ2n) is 6.39. The van der Waals surface area contributed by atoms with Gasteiger partial charge in [-0.1, -0.05) is 11.3 Å². The summed E-state index contributed by atoms with van der Waals surface area (Å²) in [7, 11) is -3.91. The molecule has 2 aromatic carbocycles. The Morgan fingerprint density at radius 2 is 1.81 bits per heavy atom. The molecule has 0 bridgehead atoms. The number of nitrogens with zero attached hydrogens (tertiary/aromatic N) is 4. The quantitative estimate of drug-likeness (QED) is 0.473. The van der Waals surface area contributed by atoms with Crippen LogP contribution in [0.25, 0.3) is 17.1 Å². The molecule has 0 fully saturated rings. The van der Waals surface area contributed by atoms with Gasteiger partial charge in [0.05, 0.1) is 33.7 Å². The zero-order valence-electron chi connectivity index (χ0n) is 15.7. The first-order valence-electron chi connectivity index (χ1n) is 8.83. The van der Waals surface area contributed by atoms with Gasteiger partial charge >= 0.3 is 5.97 Å². The number of sulfonamides is 1. The summed E-state index contributed by atoms with van der Waals surface area (Å²) in [4.78, 5) is 15.2. The van der Waals surface area contributed by atoms with Crippen molar-refractivity contribution in [1.82, 2.24) is 20.0 Å². The average Bonchev–Trinajstić information content (AvgIpc) is 3.24. The number of rotatable bonds is 6. The van der Waals surface area contributed by atoms with Crippen LogP contribution >= 0.6 is 0 Å². The fourth-order valence-electron chi connectivity index (χ4n) is 2.75. The lowest BCUT2D eigenvalue weighted by Crippen LogP contribution is -2.13. The van der Waals surface area contributed by atoms with E-state index >= 15 is 0 Å². The number of carboxylic acid groups (broad SMARTS) is 1. The standard InChI is InChI=1S/C20H14FN5O4S/c21-14-4-6-17(7-5-14)31(29,30)24-15-2-1-3-16(11-15)26-12-19(23-25-26)18-10-13(20(27)28)8-9-22-18/h1-12,24H,(H,27,28). The largest absolute Gasteiger partial charge is 0.478 e. The molecule has 156 valence electrons. The summed E-state index contributed by atoms with van der Waals surface area (Å²) in [6, 6.07) is 13.6. The summed E-state index contributed by atoms with van der Waals surface area (Å²) in [5.41, 5.74) is 1.52. The van der Waals surface area contributed by atoms with E-state index in [0.29, 0.717) is 17.1 Å². The van der Waals surface area contributed by atoms with Crippen LogP contribution in [0.5, 0.6) is 0 Å². The molecule has 4 aromatic rings. The van der Waals surface area contributed by atoms with Gasteiger partial charge in [-0.3, -0.25) is 9.71 Å². The van der Waals surface area contributed by atoms with Crippen LogP contribution < -0.4 is 4.72 Å². The van der Waals surface area contributed by atoms with Gasteiger partial charge in [0.15, 0.2) is 0 Å². The minimum Gasteiger partial charge on any atom is -0.478 e. The van der Waals surface area contributed by atoms with E-state index in [1.54, 1.807) is 30.5 Å². The van der Waals surface area contributed by atoms with Gasteiger partial charge in [0, 0.05) is 6.20 Å². The van der Waals surface area contributed by atoms with E-state index in [4.69, 9.17) is 5.11 Å². The molecule has 0 spiro atoms. The Morgan fingerprint density at radius 1 is 1.03 bits per heavy atom. The molecule has 31 heavy (non-hydrogen) atoms. The Labute approximate surface area is 175 Å². The lowest BCUT2D eigenvalue weighted by Gasteiger charge is -2.09. The molecule has 2 N–H and O–H groups in total. The first-order valence-corrected chi connectivity index (χ1v) is 10.3. The minimum absolute atomic E-state index is 0.0664. The third kappa shape index (κ3) is 4.41. The van der Waals surface area contributed by atoms with E-state index in [1.165, 1.54) is 35.1 Å². The summed E-state index contributed by atoms with van der Waals surface area (Å²) >= 11 is 0. The maximum Gasteiger partial charge on any atom is 0.335 e. The van der Waals surface area contributed by atoms with Crippen LogP contribution in [0.15, 0.2) is 78.0 Å². The van der Waals surface area contributed by atoms with E-state index in [1.807, 2.05) is 0 Å². The Kier molecular flexibility index (Phi) is 5.17. The molecule has 0 aliphatic heterocycles. The topological polar surface area (TPSA) is 127 Å². The molecular formula is C20H14FN5O4S. The van der Waals surface area contributed by atoms with Gasteiger partial charge in [0.25, 0.3) is 10.0 Å². The number of aromatic nitrogens is 4. The first-order chi connectivity index (χ1) is 14.8. The van der Waals surface area contributed by atoms with Gasteiger partial charge in [-0.2, -0.15) is 0 Å². The fraction of sp³-hybridized carbons (Fsp3) is 0. The molecule has 0 aliphatic carbocycles. The van der Waals surface area contributed by atoms with Gasteiger partial charge in [-0.25, -0.2) is 22.3 Å². The van der Waals surface area contributed by atoms with E-state index in [2.05, 4.69) is 20.0 Å². The SMILES string of the molecule is O=C(O)c1ccnc(-c2cn(-c3cccc(NS(=O)(=O)c4ccc(F)cc4)c3)nn2)c1. The van der Waals surface area contributed by atoms with Gasteiger partial charge in [0.2, 0.25) is 0 Å². The second kappa shape index (κ2) is 7.95. The van der Waals surface area contributed by atoms with E-state index in [0.717, 1.165) is 12.1 Å². The van der Waals surface area contributed by atoms with Crippen LogP contribution in [0.3, 0.4) is 0 Å². The highest BCUT2D eigenvalue weighted by Crippen LogP contribution is 2.21. The van der Waals surface area contributed by atoms with Crippen molar-refractivity contribution in [2.75, 3.05) is 4.72 Å². The van der Waals surface area contributed by atoms with Crippen molar-refractivity contribution in [2.45, 2.75) is 4.90 Å². The third-order valence-corrected chi connectivity index (χ3v) is 5.65. The Balaban J connectivity index is 1.60. The average molecular weight is 439 g/mol.